The molecule has 0 spiro atoms. The molecule has 0 aliphatic carbocycles. The van der Waals surface area contributed by atoms with E-state index in [0.717, 1.165) is 4.68 Å². The number of rotatable bonds is 6. The van der Waals surface area contributed by atoms with Crippen molar-refractivity contribution in [2.75, 3.05) is 12.5 Å². The molecule has 2 aromatic heterocycles. The van der Waals surface area contributed by atoms with E-state index >= 15 is 0 Å². The number of nitro benzene ring substituents is 1. The Morgan fingerprint density at radius 1 is 1.18 bits per heavy atom. The molecule has 0 unspecified atom stereocenters. The third-order valence-electron chi connectivity index (χ3n) is 4.71. The number of anilines is 1. The van der Waals surface area contributed by atoms with Crippen LogP contribution in [0.2, 0.25) is 0 Å². The van der Waals surface area contributed by atoms with Gasteiger partial charge in [-0.1, -0.05) is 5.21 Å². The molecule has 15 heteroatoms. The lowest BCUT2D eigenvalue weighted by molar-refractivity contribution is -0.384. The van der Waals surface area contributed by atoms with Crippen LogP contribution in [-0.2, 0) is 0 Å². The van der Waals surface area contributed by atoms with Crippen LogP contribution >= 0.6 is 0 Å². The van der Waals surface area contributed by atoms with Crippen LogP contribution in [0.5, 0.6) is 11.5 Å². The first-order valence-corrected chi connectivity index (χ1v) is 9.53. The fourth-order valence-corrected chi connectivity index (χ4v) is 3.13. The lowest BCUT2D eigenvalue weighted by Crippen LogP contribution is -2.19. The number of hydrazone groups is 1. The van der Waals surface area contributed by atoms with Gasteiger partial charge in [0.1, 0.15) is 5.69 Å². The molecule has 0 radical (unpaired) electrons. The Kier molecular flexibility index (Phi) is 5.02. The summed E-state index contributed by atoms with van der Waals surface area (Å²) in [5, 5.41) is 30.0. The van der Waals surface area contributed by atoms with Gasteiger partial charge in [-0.15, -0.1) is 5.10 Å². The van der Waals surface area contributed by atoms with Crippen molar-refractivity contribution < 1.29 is 23.8 Å². The Balaban J connectivity index is 1.46. The molecule has 0 saturated heterocycles. The molecule has 15 nitrogen and oxygen atoms in total. The lowest BCUT2D eigenvalue weighted by atomic mass is 10.1. The molecule has 3 heterocycles. The van der Waals surface area contributed by atoms with Gasteiger partial charge in [-0.25, -0.2) is 10.1 Å². The molecule has 4 aromatic rings. The number of aromatic nitrogens is 5. The van der Waals surface area contributed by atoms with Crippen LogP contribution in [0, 0.1) is 10.1 Å². The minimum atomic E-state index is -0.702. The summed E-state index contributed by atoms with van der Waals surface area (Å²) in [4.78, 5) is 23.3. The first kappa shape index (κ1) is 20.6. The first-order valence-electron chi connectivity index (χ1n) is 9.53. The summed E-state index contributed by atoms with van der Waals surface area (Å²) in [6.07, 6.45) is 1.41. The quantitative estimate of drug-likeness (QED) is 0.237. The highest BCUT2D eigenvalue weighted by atomic mass is 16.7. The highest BCUT2D eigenvalue weighted by molar-refractivity contribution is 5.99. The zero-order valence-electron chi connectivity index (χ0n) is 17.0. The zero-order chi connectivity index (χ0) is 23.7. The predicted octanol–water partition coefficient (Wildman–Crippen LogP) is 1.30. The zero-order valence-corrected chi connectivity index (χ0v) is 17.0. The second-order valence-corrected chi connectivity index (χ2v) is 6.79. The van der Waals surface area contributed by atoms with Gasteiger partial charge >= 0.3 is 0 Å². The molecule has 1 aliphatic rings. The van der Waals surface area contributed by atoms with Crippen molar-refractivity contribution in [3.63, 3.8) is 0 Å². The van der Waals surface area contributed by atoms with E-state index in [0.29, 0.717) is 22.6 Å². The van der Waals surface area contributed by atoms with Crippen molar-refractivity contribution in [1.82, 2.24) is 30.7 Å². The molecule has 3 N–H and O–H groups in total. The second-order valence-electron chi connectivity index (χ2n) is 6.79. The maximum Gasteiger partial charge on any atom is 0.294 e. The van der Waals surface area contributed by atoms with Crippen molar-refractivity contribution in [1.29, 1.82) is 0 Å². The van der Waals surface area contributed by atoms with E-state index < -0.39 is 10.8 Å². The molecule has 0 fully saturated rings. The van der Waals surface area contributed by atoms with E-state index in [1.807, 2.05) is 0 Å². The summed E-state index contributed by atoms with van der Waals surface area (Å²) in [6, 6.07) is 10.6. The number of hydrogen-bond donors (Lipinski definition) is 2. The van der Waals surface area contributed by atoms with Crippen molar-refractivity contribution in [2.45, 2.75) is 0 Å². The highest BCUT2D eigenvalue weighted by Gasteiger charge is 2.25. The van der Waals surface area contributed by atoms with Gasteiger partial charge in [0.25, 0.3) is 11.6 Å². The van der Waals surface area contributed by atoms with Crippen LogP contribution < -0.4 is 20.6 Å². The normalized spacial score (nSPS) is 12.2. The number of nitrogens with one attached hydrogen (secondary N) is 1. The van der Waals surface area contributed by atoms with E-state index in [4.69, 9.17) is 15.2 Å². The number of ether oxygens (including phenoxy) is 2. The van der Waals surface area contributed by atoms with Gasteiger partial charge in [-0.05, 0) is 46.2 Å². The minimum absolute atomic E-state index is 0.0104. The van der Waals surface area contributed by atoms with Gasteiger partial charge in [-0.3, -0.25) is 14.9 Å². The van der Waals surface area contributed by atoms with Crippen LogP contribution in [0.15, 0.2) is 52.2 Å². The Morgan fingerprint density at radius 2 is 1.97 bits per heavy atom. The number of nitrogens with two attached hydrogens (primary N) is 1. The second kappa shape index (κ2) is 8.30. The van der Waals surface area contributed by atoms with Crippen LogP contribution in [0.4, 0.5) is 11.5 Å². The Morgan fingerprint density at radius 3 is 2.71 bits per heavy atom. The molecular formula is C19H13N9O6. The average Bonchev–Trinajstić information content (AvgIpc) is 3.57. The third-order valence-corrected chi connectivity index (χ3v) is 4.71. The average molecular weight is 463 g/mol. The van der Waals surface area contributed by atoms with E-state index in [2.05, 4.69) is 35.8 Å². The van der Waals surface area contributed by atoms with Gasteiger partial charge in [0.05, 0.1) is 11.1 Å². The van der Waals surface area contributed by atoms with E-state index in [9.17, 15) is 14.9 Å². The summed E-state index contributed by atoms with van der Waals surface area (Å²) in [7, 11) is 0. The van der Waals surface area contributed by atoms with Gasteiger partial charge in [-0.2, -0.15) is 9.78 Å². The maximum absolute atomic E-state index is 12.9. The Labute approximate surface area is 188 Å². The lowest BCUT2D eigenvalue weighted by Gasteiger charge is -2.05. The number of nitrogen functional groups attached to an aromatic ring is 1. The maximum atomic E-state index is 12.9. The number of nitrogens with zero attached hydrogens (tertiary/aromatic N) is 7. The number of benzene rings is 2. The molecule has 0 saturated carbocycles. The summed E-state index contributed by atoms with van der Waals surface area (Å²) < 4.78 is 16.3. The number of hydrogen-bond acceptors (Lipinski definition) is 12. The first-order chi connectivity index (χ1) is 16.5. The predicted molar refractivity (Wildman–Crippen MR) is 113 cm³/mol. The topological polar surface area (TPSA) is 199 Å². The molecule has 0 bridgehead atoms. The van der Waals surface area contributed by atoms with Crippen LogP contribution in [-0.4, -0.2) is 49.1 Å². The summed E-state index contributed by atoms with van der Waals surface area (Å²) in [5.74, 6) is 0.376. The highest BCUT2D eigenvalue weighted by Crippen LogP contribution is 2.32. The van der Waals surface area contributed by atoms with Crippen molar-refractivity contribution >= 4 is 23.6 Å². The molecule has 170 valence electrons. The Hall–Kier alpha value is -5.34. The van der Waals surface area contributed by atoms with Crippen LogP contribution in [0.1, 0.15) is 16.1 Å². The van der Waals surface area contributed by atoms with E-state index in [1.54, 1.807) is 18.2 Å². The summed E-state index contributed by atoms with van der Waals surface area (Å²) >= 11 is 0. The molecule has 34 heavy (non-hydrogen) atoms. The van der Waals surface area contributed by atoms with E-state index in [1.165, 1.54) is 30.5 Å². The number of carbonyl (C=O) groups excluding carboxylic acids is 1. The number of non-ortho nitro benzene ring substituents is 1. The summed E-state index contributed by atoms with van der Waals surface area (Å²) in [6.45, 7) is 0.138. The number of amides is 1. The molecule has 1 amide bonds. The molecule has 1 aliphatic heterocycles. The van der Waals surface area contributed by atoms with E-state index in [-0.39, 0.29) is 35.5 Å². The number of fused-ring (bicyclic) bond motifs is 1. The van der Waals surface area contributed by atoms with Gasteiger partial charge < -0.3 is 15.2 Å². The van der Waals surface area contributed by atoms with Gasteiger partial charge in [0.15, 0.2) is 17.2 Å². The number of nitro groups is 1. The van der Waals surface area contributed by atoms with Crippen molar-refractivity contribution in [3.05, 3.63) is 63.8 Å². The molecule has 0 atom stereocenters. The number of carbonyl (C=O) groups is 1. The monoisotopic (exact) mass is 463 g/mol. The standard InChI is InChI=1S/C19H13N9O6/c20-17-18(25-34-24-17)27-16(11-2-4-12(5-3-11)28(30)31)15(22-26-27)19(29)23-21-8-10-1-6-13-14(7-10)33-9-32-13/h1-8H,9H2,(H2,20,24)(H,23,29)/b21-8+. The third kappa shape index (κ3) is 3.72. The minimum Gasteiger partial charge on any atom is -0.454 e. The van der Waals surface area contributed by atoms with Crippen molar-refractivity contribution in [3.8, 4) is 28.6 Å². The Bertz CT molecular complexity index is 1430. The van der Waals surface area contributed by atoms with Gasteiger partial charge in [0, 0.05) is 17.7 Å². The molecule has 5 rings (SSSR count). The SMILES string of the molecule is Nc1nonc1-n1nnc(C(=O)N/N=C/c2ccc3c(c2)OCO3)c1-c1ccc([N+](=O)[O-])cc1. The molecule has 2 aromatic carbocycles. The summed E-state index contributed by atoms with van der Waals surface area (Å²) in [5.41, 5.74) is 9.04. The fraction of sp³-hybridized carbons (Fsp3) is 0.0526. The van der Waals surface area contributed by atoms with Crippen LogP contribution in [0.3, 0.4) is 0 Å². The van der Waals surface area contributed by atoms with Crippen molar-refractivity contribution in [2.24, 2.45) is 5.10 Å². The van der Waals surface area contributed by atoms with Crippen LogP contribution in [0.25, 0.3) is 17.1 Å². The van der Waals surface area contributed by atoms with Gasteiger partial charge in [0.2, 0.25) is 18.4 Å². The fourth-order valence-electron chi connectivity index (χ4n) is 3.13. The smallest absolute Gasteiger partial charge is 0.294 e. The molecular weight excluding hydrogens is 450 g/mol. The largest absolute Gasteiger partial charge is 0.454 e.